The Hall–Kier alpha value is -5.28. The lowest BCUT2D eigenvalue weighted by atomic mass is 10.1. The number of ether oxygens (including phenoxy) is 4. The summed E-state index contributed by atoms with van der Waals surface area (Å²) in [5, 5.41) is 18.5. The monoisotopic (exact) mass is 650 g/mol. The molecule has 48 heavy (non-hydrogen) atoms. The molecular weight excluding hydrogens is 608 g/mol. The molecule has 0 fully saturated rings. The Morgan fingerprint density at radius 2 is 0.979 bits per heavy atom. The molecular formula is C40H42O8. The number of benzene rings is 3. The maximum Gasteiger partial charge on any atom is 0.333 e. The highest BCUT2D eigenvalue weighted by Crippen LogP contribution is 2.16. The molecule has 8 heteroatoms. The molecule has 2 N–H and O–H groups in total. The fraction of sp³-hybridized carbons (Fsp3) is 0.300. The Balaban J connectivity index is 1.43. The van der Waals surface area contributed by atoms with Gasteiger partial charge in [0.15, 0.2) is 12.2 Å². The van der Waals surface area contributed by atoms with Gasteiger partial charge in [-0.25, -0.2) is 9.59 Å². The van der Waals surface area contributed by atoms with Crippen LogP contribution >= 0.6 is 0 Å². The van der Waals surface area contributed by atoms with Crippen molar-refractivity contribution in [3.63, 3.8) is 0 Å². The number of carboxylic acid groups (broad SMARTS) is 2. The van der Waals surface area contributed by atoms with Gasteiger partial charge < -0.3 is 29.2 Å². The van der Waals surface area contributed by atoms with Gasteiger partial charge in [-0.1, -0.05) is 47.9 Å². The Bertz CT molecular complexity index is 1540. The molecule has 0 aliphatic carbocycles. The van der Waals surface area contributed by atoms with Gasteiger partial charge in [-0.15, -0.1) is 0 Å². The van der Waals surface area contributed by atoms with Crippen molar-refractivity contribution >= 4 is 11.9 Å². The third-order valence-electron chi connectivity index (χ3n) is 6.95. The Morgan fingerprint density at radius 3 is 1.29 bits per heavy atom. The molecule has 0 radical (unpaired) electrons. The highest BCUT2D eigenvalue weighted by atomic mass is 16.5. The van der Waals surface area contributed by atoms with E-state index in [2.05, 4.69) is 23.7 Å². The van der Waals surface area contributed by atoms with Crippen LogP contribution in [0.5, 0.6) is 11.5 Å². The fourth-order valence-electron chi connectivity index (χ4n) is 4.32. The Labute approximate surface area is 283 Å². The fourth-order valence-corrected chi connectivity index (χ4v) is 4.32. The molecule has 0 saturated heterocycles. The van der Waals surface area contributed by atoms with E-state index in [0.29, 0.717) is 50.8 Å². The van der Waals surface area contributed by atoms with Crippen LogP contribution in [0.3, 0.4) is 0 Å². The van der Waals surface area contributed by atoms with Crippen molar-refractivity contribution in [2.45, 2.75) is 52.7 Å². The van der Waals surface area contributed by atoms with Crippen molar-refractivity contribution in [3.05, 3.63) is 118 Å². The SMILES string of the molecule is CCO[C@@H](Cc1ccc(OC/C=C(\C)C#Cc2ccc(C#C/C(C)=C/COc3ccc(C[C@@H](OCC)C(=O)O)cc3)cc2)cc1)C(=O)O. The van der Waals surface area contributed by atoms with Crippen LogP contribution < -0.4 is 9.47 Å². The number of hydrogen-bond acceptors (Lipinski definition) is 6. The number of aliphatic carboxylic acids is 2. The highest BCUT2D eigenvalue weighted by Gasteiger charge is 2.18. The minimum atomic E-state index is -0.972. The molecule has 3 aromatic rings. The molecule has 0 aromatic heterocycles. The first kappa shape index (κ1) is 37.2. The lowest BCUT2D eigenvalue weighted by molar-refractivity contribution is -0.150. The lowest BCUT2D eigenvalue weighted by Gasteiger charge is -2.12. The van der Waals surface area contributed by atoms with Crippen molar-refractivity contribution in [2.24, 2.45) is 0 Å². The second kappa shape index (κ2) is 20.1. The minimum absolute atomic E-state index is 0.298. The van der Waals surface area contributed by atoms with E-state index in [1.54, 1.807) is 13.8 Å². The summed E-state index contributed by atoms with van der Waals surface area (Å²) in [6, 6.07) is 22.4. The normalized spacial score (nSPS) is 12.5. The van der Waals surface area contributed by atoms with Crippen molar-refractivity contribution in [3.8, 4) is 35.2 Å². The van der Waals surface area contributed by atoms with Gasteiger partial charge >= 0.3 is 11.9 Å². The highest BCUT2D eigenvalue weighted by molar-refractivity contribution is 5.73. The van der Waals surface area contributed by atoms with Crippen molar-refractivity contribution in [1.29, 1.82) is 0 Å². The number of carbonyl (C=O) groups is 2. The minimum Gasteiger partial charge on any atom is -0.490 e. The van der Waals surface area contributed by atoms with Gasteiger partial charge in [0.1, 0.15) is 24.7 Å². The molecule has 0 heterocycles. The smallest absolute Gasteiger partial charge is 0.333 e. The molecule has 0 spiro atoms. The van der Waals surface area contributed by atoms with Gasteiger partial charge in [-0.05, 0) is 111 Å². The first-order chi connectivity index (χ1) is 23.2. The van der Waals surface area contributed by atoms with Crippen molar-refractivity contribution < 1.29 is 38.7 Å². The third kappa shape index (κ3) is 13.6. The first-order valence-electron chi connectivity index (χ1n) is 15.8. The van der Waals surface area contributed by atoms with Crippen molar-refractivity contribution in [1.82, 2.24) is 0 Å². The zero-order valence-electron chi connectivity index (χ0n) is 27.8. The summed E-state index contributed by atoms with van der Waals surface area (Å²) in [7, 11) is 0. The van der Waals surface area contributed by atoms with Crippen LogP contribution in [0.15, 0.2) is 96.1 Å². The van der Waals surface area contributed by atoms with Crippen molar-refractivity contribution in [2.75, 3.05) is 26.4 Å². The van der Waals surface area contributed by atoms with E-state index in [1.807, 2.05) is 98.8 Å². The van der Waals surface area contributed by atoms with Crippen LogP contribution in [0.4, 0.5) is 0 Å². The number of carboxylic acids is 2. The Morgan fingerprint density at radius 1 is 0.625 bits per heavy atom. The maximum atomic E-state index is 11.3. The second-order valence-corrected chi connectivity index (χ2v) is 10.7. The second-order valence-electron chi connectivity index (χ2n) is 10.7. The van der Waals surface area contributed by atoms with E-state index < -0.39 is 24.1 Å². The summed E-state index contributed by atoms with van der Waals surface area (Å²) in [6.45, 7) is 8.81. The molecule has 0 aliphatic heterocycles. The van der Waals surface area contributed by atoms with Crippen LogP contribution in [0.25, 0.3) is 0 Å². The first-order valence-corrected chi connectivity index (χ1v) is 15.8. The van der Waals surface area contributed by atoms with Crippen LogP contribution in [-0.4, -0.2) is 60.8 Å². The molecule has 0 unspecified atom stereocenters. The number of allylic oxidation sites excluding steroid dienone is 2. The summed E-state index contributed by atoms with van der Waals surface area (Å²) in [5.74, 6) is 12.0. The van der Waals surface area contributed by atoms with Gasteiger partial charge in [0.05, 0.1) is 0 Å². The summed E-state index contributed by atoms with van der Waals surface area (Å²) < 4.78 is 22.1. The summed E-state index contributed by atoms with van der Waals surface area (Å²) >= 11 is 0. The van der Waals surface area contributed by atoms with Crippen LogP contribution in [0, 0.1) is 23.7 Å². The standard InChI is InChI=1S/C40H42O8/c1-5-45-37(39(41)42)27-33-15-19-35(20-16-33)47-25-23-29(3)7-9-31-11-13-32(14-12-31)10-8-30(4)24-26-48-36-21-17-34(18-22-36)28-38(40(43)44)46-6-2/h11-24,37-38H,5-6,25-28H2,1-4H3,(H,41,42)(H,43,44)/b29-23+,30-24+/t37-,38+. The topological polar surface area (TPSA) is 112 Å². The largest absolute Gasteiger partial charge is 0.490 e. The quantitative estimate of drug-likeness (QED) is 0.169. The predicted octanol–water partition coefficient (Wildman–Crippen LogP) is 6.50. The van der Waals surface area contributed by atoms with E-state index in [9.17, 15) is 19.8 Å². The zero-order valence-corrected chi connectivity index (χ0v) is 27.8. The molecule has 0 bridgehead atoms. The van der Waals surface area contributed by atoms with Crippen LogP contribution in [0.2, 0.25) is 0 Å². The van der Waals surface area contributed by atoms with E-state index in [4.69, 9.17) is 18.9 Å². The average molecular weight is 651 g/mol. The van der Waals surface area contributed by atoms with Gasteiger partial charge in [0.2, 0.25) is 0 Å². The average Bonchev–Trinajstić information content (AvgIpc) is 3.08. The molecule has 250 valence electrons. The summed E-state index contributed by atoms with van der Waals surface area (Å²) in [6.07, 6.45) is 2.69. The number of rotatable bonds is 16. The number of hydrogen-bond donors (Lipinski definition) is 2. The molecule has 0 aliphatic rings. The maximum absolute atomic E-state index is 11.3. The zero-order chi connectivity index (χ0) is 34.7. The molecule has 0 amide bonds. The van der Waals surface area contributed by atoms with E-state index in [1.165, 1.54) is 0 Å². The lowest BCUT2D eigenvalue weighted by Crippen LogP contribution is -2.26. The predicted molar refractivity (Wildman–Crippen MR) is 185 cm³/mol. The summed E-state index contributed by atoms with van der Waals surface area (Å²) in [4.78, 5) is 22.6. The molecule has 3 aromatic carbocycles. The molecule has 8 nitrogen and oxygen atoms in total. The van der Waals surface area contributed by atoms with Crippen LogP contribution in [-0.2, 0) is 31.9 Å². The van der Waals surface area contributed by atoms with Crippen LogP contribution in [0.1, 0.15) is 49.9 Å². The van der Waals surface area contributed by atoms with Gasteiger partial charge in [0.25, 0.3) is 0 Å². The molecule has 0 saturated carbocycles. The van der Waals surface area contributed by atoms with E-state index >= 15 is 0 Å². The van der Waals surface area contributed by atoms with E-state index in [0.717, 1.165) is 33.4 Å². The van der Waals surface area contributed by atoms with Gasteiger partial charge in [-0.3, -0.25) is 0 Å². The third-order valence-corrected chi connectivity index (χ3v) is 6.95. The van der Waals surface area contributed by atoms with Gasteiger partial charge in [0, 0.05) is 37.2 Å². The van der Waals surface area contributed by atoms with E-state index in [-0.39, 0.29) is 0 Å². The van der Waals surface area contributed by atoms with Gasteiger partial charge in [-0.2, -0.15) is 0 Å². The molecule has 2 atom stereocenters. The molecule has 3 rings (SSSR count). The summed E-state index contributed by atoms with van der Waals surface area (Å²) in [5.41, 5.74) is 5.23. The Kier molecular flexibility index (Phi) is 15.5.